The van der Waals surface area contributed by atoms with Crippen LogP contribution in [-0.4, -0.2) is 37.2 Å². The van der Waals surface area contributed by atoms with Gasteiger partial charge in [0.25, 0.3) is 0 Å². The summed E-state index contributed by atoms with van der Waals surface area (Å²) in [4.78, 5) is 12.8. The van der Waals surface area contributed by atoms with Crippen molar-refractivity contribution in [1.82, 2.24) is 9.78 Å². The number of rotatable bonds is 5. The minimum Gasteiger partial charge on any atom is -0.462 e. The molecular formula is C20H22N2O5S. The third kappa shape index (κ3) is 3.34. The maximum atomic E-state index is 12.2. The predicted molar refractivity (Wildman–Crippen MR) is 108 cm³/mol. The van der Waals surface area contributed by atoms with Crippen molar-refractivity contribution < 1.29 is 23.4 Å². The number of aryl methyl sites for hydroxylation is 2. The van der Waals surface area contributed by atoms with E-state index in [0.717, 1.165) is 10.9 Å². The number of ether oxygens (including phenoxy) is 2. The van der Waals surface area contributed by atoms with Crippen molar-refractivity contribution in [3.63, 3.8) is 0 Å². The molecule has 0 saturated carbocycles. The SMILES string of the molecule is CCOC(=O)c1cc(Oc2ccc3c(c2)CCS3(O)O)c2cn(CC)nc2c1. The molecule has 1 aliphatic rings. The van der Waals surface area contributed by atoms with Gasteiger partial charge in [-0.2, -0.15) is 15.7 Å². The molecular weight excluding hydrogens is 380 g/mol. The highest BCUT2D eigenvalue weighted by Crippen LogP contribution is 2.55. The standard InChI is InChI=1S/C20H22N2O5S/c1-3-22-12-16-17(21-22)10-14(20(23)26-4-2)11-18(16)27-15-5-6-19-13(9-15)7-8-28(19,24)25/h5-6,9-12,24-25H,3-4,7-8H2,1-2H3. The third-order valence-electron chi connectivity index (χ3n) is 4.74. The molecule has 2 heterocycles. The van der Waals surface area contributed by atoms with Crippen molar-refractivity contribution in [3.05, 3.63) is 47.7 Å². The summed E-state index contributed by atoms with van der Waals surface area (Å²) in [5, 5.41) is 5.27. The summed E-state index contributed by atoms with van der Waals surface area (Å²) in [6.07, 6.45) is 2.48. The smallest absolute Gasteiger partial charge is 0.338 e. The van der Waals surface area contributed by atoms with E-state index in [1.807, 2.05) is 19.2 Å². The molecule has 3 aromatic rings. The van der Waals surface area contributed by atoms with Crippen molar-refractivity contribution in [1.29, 1.82) is 0 Å². The maximum absolute atomic E-state index is 12.2. The van der Waals surface area contributed by atoms with E-state index in [1.54, 1.807) is 35.9 Å². The number of fused-ring (bicyclic) bond motifs is 2. The molecule has 0 atom stereocenters. The van der Waals surface area contributed by atoms with E-state index in [9.17, 15) is 13.9 Å². The van der Waals surface area contributed by atoms with Crippen molar-refractivity contribution in [3.8, 4) is 11.5 Å². The van der Waals surface area contributed by atoms with Crippen LogP contribution in [0.5, 0.6) is 11.5 Å². The van der Waals surface area contributed by atoms with Gasteiger partial charge in [0, 0.05) is 18.5 Å². The lowest BCUT2D eigenvalue weighted by atomic mass is 10.1. The zero-order valence-corrected chi connectivity index (χ0v) is 16.5. The van der Waals surface area contributed by atoms with E-state index in [1.165, 1.54) is 0 Å². The molecule has 2 aromatic carbocycles. The van der Waals surface area contributed by atoms with E-state index in [2.05, 4.69) is 5.10 Å². The molecule has 8 heteroatoms. The van der Waals surface area contributed by atoms with Crippen LogP contribution >= 0.6 is 10.6 Å². The van der Waals surface area contributed by atoms with E-state index < -0.39 is 16.6 Å². The molecule has 0 fully saturated rings. The first-order valence-corrected chi connectivity index (χ1v) is 10.9. The molecule has 7 nitrogen and oxygen atoms in total. The molecule has 148 valence electrons. The zero-order valence-electron chi connectivity index (χ0n) is 15.7. The number of nitrogens with zero attached hydrogens (tertiary/aromatic N) is 2. The zero-order chi connectivity index (χ0) is 19.9. The highest BCUT2D eigenvalue weighted by atomic mass is 32.3. The molecule has 4 rings (SSSR count). The van der Waals surface area contributed by atoms with Crippen LogP contribution in [0.2, 0.25) is 0 Å². The molecule has 1 aromatic heterocycles. The van der Waals surface area contributed by atoms with Crippen LogP contribution in [0.25, 0.3) is 10.9 Å². The predicted octanol–water partition coefficient (Wildman–Crippen LogP) is 4.69. The van der Waals surface area contributed by atoms with E-state index in [-0.39, 0.29) is 6.61 Å². The second-order valence-electron chi connectivity index (χ2n) is 6.60. The van der Waals surface area contributed by atoms with Gasteiger partial charge in [-0.25, -0.2) is 4.79 Å². The Morgan fingerprint density at radius 3 is 2.82 bits per heavy atom. The van der Waals surface area contributed by atoms with Gasteiger partial charge in [-0.05, 0) is 56.2 Å². The van der Waals surface area contributed by atoms with Gasteiger partial charge in [0.15, 0.2) is 0 Å². The Morgan fingerprint density at radius 1 is 1.25 bits per heavy atom. The number of carbonyl (C=O) groups is 1. The average Bonchev–Trinajstić information content (AvgIpc) is 3.22. The molecule has 2 N–H and O–H groups in total. The van der Waals surface area contributed by atoms with Crippen LogP contribution in [-0.2, 0) is 17.7 Å². The fourth-order valence-electron chi connectivity index (χ4n) is 3.34. The summed E-state index contributed by atoms with van der Waals surface area (Å²) in [5.74, 6) is 0.993. The molecule has 0 bridgehead atoms. The topological polar surface area (TPSA) is 93.8 Å². The summed E-state index contributed by atoms with van der Waals surface area (Å²) in [6.45, 7) is 4.72. The second-order valence-corrected chi connectivity index (χ2v) is 8.79. The van der Waals surface area contributed by atoms with Gasteiger partial charge in [0.1, 0.15) is 11.5 Å². The summed E-state index contributed by atoms with van der Waals surface area (Å²) in [7, 11) is -2.68. The molecule has 0 aliphatic carbocycles. The van der Waals surface area contributed by atoms with E-state index in [0.29, 0.717) is 46.2 Å². The number of hydrogen-bond donors (Lipinski definition) is 2. The fraction of sp³-hybridized carbons (Fsp3) is 0.300. The van der Waals surface area contributed by atoms with Gasteiger partial charge in [-0.1, -0.05) is 0 Å². The average molecular weight is 402 g/mol. The molecule has 0 amide bonds. The van der Waals surface area contributed by atoms with Crippen LogP contribution in [0.15, 0.2) is 41.4 Å². The van der Waals surface area contributed by atoms with Crippen molar-refractivity contribution in [2.24, 2.45) is 0 Å². The first kappa shape index (κ1) is 18.8. The third-order valence-corrected chi connectivity index (χ3v) is 6.61. The lowest BCUT2D eigenvalue weighted by Gasteiger charge is -2.27. The Kier molecular flexibility index (Phi) is 4.78. The van der Waals surface area contributed by atoms with Crippen molar-refractivity contribution >= 4 is 27.5 Å². The Morgan fingerprint density at radius 2 is 2.07 bits per heavy atom. The number of aromatic nitrogens is 2. The fourth-order valence-corrected chi connectivity index (χ4v) is 4.93. The molecule has 0 radical (unpaired) electrons. The van der Waals surface area contributed by atoms with Crippen molar-refractivity contribution in [2.75, 3.05) is 12.4 Å². The van der Waals surface area contributed by atoms with E-state index in [4.69, 9.17) is 9.47 Å². The summed E-state index contributed by atoms with van der Waals surface area (Å²) in [5.41, 5.74) is 1.90. The van der Waals surface area contributed by atoms with Gasteiger partial charge in [-0.15, -0.1) is 0 Å². The Balaban J connectivity index is 1.75. The number of carbonyl (C=O) groups excluding carboxylic acids is 1. The van der Waals surface area contributed by atoms with Gasteiger partial charge in [-0.3, -0.25) is 13.8 Å². The molecule has 0 saturated heterocycles. The van der Waals surface area contributed by atoms with Gasteiger partial charge in [0.2, 0.25) is 0 Å². The highest BCUT2D eigenvalue weighted by Gasteiger charge is 2.27. The van der Waals surface area contributed by atoms with Crippen LogP contribution in [0.1, 0.15) is 29.8 Å². The quantitative estimate of drug-likeness (QED) is 0.601. The van der Waals surface area contributed by atoms with Crippen LogP contribution in [0, 0.1) is 0 Å². The van der Waals surface area contributed by atoms with Gasteiger partial charge in [0.05, 0.1) is 28.0 Å². The summed E-state index contributed by atoms with van der Waals surface area (Å²) < 4.78 is 33.2. The number of hydrogen-bond acceptors (Lipinski definition) is 6. The second kappa shape index (κ2) is 7.12. The molecule has 1 aliphatic heterocycles. The highest BCUT2D eigenvalue weighted by molar-refractivity contribution is 8.24. The normalized spacial score (nSPS) is 16.0. The Hall–Kier alpha value is -2.55. The van der Waals surface area contributed by atoms with Gasteiger partial charge >= 0.3 is 5.97 Å². The summed E-state index contributed by atoms with van der Waals surface area (Å²) in [6, 6.07) is 8.59. The van der Waals surface area contributed by atoms with Gasteiger partial charge < -0.3 is 9.47 Å². The van der Waals surface area contributed by atoms with Crippen LogP contribution in [0.3, 0.4) is 0 Å². The molecule has 0 spiro atoms. The Bertz CT molecular complexity index is 1060. The lowest BCUT2D eigenvalue weighted by Crippen LogP contribution is -2.05. The minimum absolute atomic E-state index is 0.285. The Labute approximate surface area is 164 Å². The molecule has 0 unspecified atom stereocenters. The largest absolute Gasteiger partial charge is 0.462 e. The number of esters is 1. The minimum atomic E-state index is -2.68. The van der Waals surface area contributed by atoms with Crippen LogP contribution < -0.4 is 4.74 Å². The number of benzene rings is 2. The monoisotopic (exact) mass is 402 g/mol. The lowest BCUT2D eigenvalue weighted by molar-refractivity contribution is 0.0526. The first-order valence-electron chi connectivity index (χ1n) is 9.16. The van der Waals surface area contributed by atoms with Crippen molar-refractivity contribution in [2.45, 2.75) is 31.7 Å². The first-order chi connectivity index (χ1) is 13.4. The maximum Gasteiger partial charge on any atom is 0.338 e. The van der Waals surface area contributed by atoms with E-state index >= 15 is 0 Å². The summed E-state index contributed by atoms with van der Waals surface area (Å²) >= 11 is 0. The van der Waals surface area contributed by atoms with Crippen LogP contribution in [0.4, 0.5) is 0 Å². The molecule has 28 heavy (non-hydrogen) atoms.